The predicted octanol–water partition coefficient (Wildman–Crippen LogP) is 2.98. The van der Waals surface area contributed by atoms with Gasteiger partial charge in [0.2, 0.25) is 0 Å². The summed E-state index contributed by atoms with van der Waals surface area (Å²) in [4.78, 5) is 20.9. The van der Waals surface area contributed by atoms with Gasteiger partial charge in [0, 0.05) is 36.3 Å². The number of aromatic nitrogens is 3. The number of para-hydroxylation sites is 1. The number of nitrogens with zero attached hydrogens (tertiary/aromatic N) is 3. The summed E-state index contributed by atoms with van der Waals surface area (Å²) >= 11 is 0. The molecule has 0 bridgehead atoms. The van der Waals surface area contributed by atoms with E-state index < -0.39 is 0 Å². The molecule has 2 N–H and O–H groups in total. The smallest absolute Gasteiger partial charge is 0.315 e. The second-order valence-electron chi connectivity index (χ2n) is 6.36. The van der Waals surface area contributed by atoms with E-state index in [-0.39, 0.29) is 12.1 Å². The van der Waals surface area contributed by atoms with Gasteiger partial charge in [-0.15, -0.1) is 0 Å². The van der Waals surface area contributed by atoms with E-state index in [1.54, 1.807) is 18.7 Å². The molecule has 0 saturated heterocycles. The number of hydrogen-bond donors (Lipinski definition) is 2. The van der Waals surface area contributed by atoms with E-state index in [4.69, 9.17) is 4.74 Å². The fourth-order valence-electron chi connectivity index (χ4n) is 3.24. The van der Waals surface area contributed by atoms with Gasteiger partial charge >= 0.3 is 6.03 Å². The van der Waals surface area contributed by atoms with Gasteiger partial charge in [0.05, 0.1) is 12.6 Å². The van der Waals surface area contributed by atoms with Gasteiger partial charge in [0.1, 0.15) is 17.9 Å². The molecule has 2 amide bonds. The molecule has 27 heavy (non-hydrogen) atoms. The molecule has 1 aliphatic heterocycles. The van der Waals surface area contributed by atoms with Crippen molar-refractivity contribution in [2.45, 2.75) is 25.4 Å². The van der Waals surface area contributed by atoms with Crippen LogP contribution < -0.4 is 15.4 Å². The number of benzene rings is 1. The summed E-state index contributed by atoms with van der Waals surface area (Å²) in [5.74, 6) is 1.60. The standard InChI is InChI=1S/C20H21N5O2/c26-20(24-17-7-4-12-27-18-8-2-1-6-16(17)18)23-13-15-5-3-9-22-19(15)25-11-10-21-14-25/h1-3,5-6,8-11,14,17H,4,7,12-13H2,(H2,23,24,26). The number of carbonyl (C=O) groups excluding carboxylic acids is 1. The molecule has 0 saturated carbocycles. The first-order valence-corrected chi connectivity index (χ1v) is 8.99. The van der Waals surface area contributed by atoms with E-state index in [0.717, 1.165) is 35.5 Å². The lowest BCUT2D eigenvalue weighted by molar-refractivity contribution is 0.236. The Morgan fingerprint density at radius 3 is 3.04 bits per heavy atom. The summed E-state index contributed by atoms with van der Waals surface area (Å²) in [6, 6.07) is 11.4. The van der Waals surface area contributed by atoms with Crippen molar-refractivity contribution < 1.29 is 9.53 Å². The molecule has 0 fully saturated rings. The van der Waals surface area contributed by atoms with Crippen molar-refractivity contribution in [3.05, 3.63) is 72.4 Å². The van der Waals surface area contributed by atoms with E-state index >= 15 is 0 Å². The van der Waals surface area contributed by atoms with Crippen LogP contribution in [0.15, 0.2) is 61.3 Å². The van der Waals surface area contributed by atoms with Crippen LogP contribution in [0.25, 0.3) is 5.82 Å². The first kappa shape index (κ1) is 17.1. The third-order valence-corrected chi connectivity index (χ3v) is 4.55. The van der Waals surface area contributed by atoms with Crippen molar-refractivity contribution in [3.63, 3.8) is 0 Å². The molecule has 3 heterocycles. The summed E-state index contributed by atoms with van der Waals surface area (Å²) in [6.45, 7) is 1.04. The van der Waals surface area contributed by atoms with Crippen LogP contribution in [0.5, 0.6) is 5.75 Å². The minimum atomic E-state index is -0.211. The predicted molar refractivity (Wildman–Crippen MR) is 101 cm³/mol. The number of ether oxygens (including phenoxy) is 1. The number of carbonyl (C=O) groups is 1. The molecular formula is C20H21N5O2. The molecule has 7 heteroatoms. The molecular weight excluding hydrogens is 342 g/mol. The average Bonchev–Trinajstić information content (AvgIpc) is 3.16. The van der Waals surface area contributed by atoms with Crippen LogP contribution in [0.1, 0.15) is 30.0 Å². The van der Waals surface area contributed by atoms with Gasteiger partial charge in [-0.1, -0.05) is 24.3 Å². The van der Waals surface area contributed by atoms with Crippen molar-refractivity contribution in [3.8, 4) is 11.6 Å². The third kappa shape index (κ3) is 3.92. The zero-order valence-corrected chi connectivity index (χ0v) is 14.8. The summed E-state index contributed by atoms with van der Waals surface area (Å²) < 4.78 is 7.59. The van der Waals surface area contributed by atoms with E-state index in [9.17, 15) is 4.79 Å². The van der Waals surface area contributed by atoms with Crippen molar-refractivity contribution in [2.24, 2.45) is 0 Å². The number of nitrogens with one attached hydrogen (secondary N) is 2. The largest absolute Gasteiger partial charge is 0.493 e. The van der Waals surface area contributed by atoms with Crippen LogP contribution in [0.4, 0.5) is 4.79 Å². The highest BCUT2D eigenvalue weighted by Gasteiger charge is 2.21. The Morgan fingerprint density at radius 1 is 1.22 bits per heavy atom. The summed E-state index contributed by atoms with van der Waals surface area (Å²) in [7, 11) is 0. The second-order valence-corrected chi connectivity index (χ2v) is 6.36. The fourth-order valence-corrected chi connectivity index (χ4v) is 3.24. The molecule has 1 unspecified atom stereocenters. The van der Waals surface area contributed by atoms with Gasteiger partial charge in [-0.05, 0) is 25.0 Å². The van der Waals surface area contributed by atoms with E-state index in [0.29, 0.717) is 13.2 Å². The lowest BCUT2D eigenvalue weighted by Crippen LogP contribution is -2.37. The fraction of sp³-hybridized carbons (Fsp3) is 0.250. The van der Waals surface area contributed by atoms with Crippen molar-refractivity contribution >= 4 is 6.03 Å². The molecule has 1 aliphatic rings. The van der Waals surface area contributed by atoms with Crippen LogP contribution >= 0.6 is 0 Å². The van der Waals surface area contributed by atoms with Gasteiger partial charge in [-0.2, -0.15) is 0 Å². The number of hydrogen-bond acceptors (Lipinski definition) is 4. The molecule has 0 aliphatic carbocycles. The van der Waals surface area contributed by atoms with E-state index in [2.05, 4.69) is 20.6 Å². The zero-order valence-electron chi connectivity index (χ0n) is 14.8. The Labute approximate surface area is 157 Å². The molecule has 7 nitrogen and oxygen atoms in total. The van der Waals surface area contributed by atoms with Crippen molar-refractivity contribution in [1.82, 2.24) is 25.2 Å². The van der Waals surface area contributed by atoms with Gasteiger partial charge in [0.15, 0.2) is 0 Å². The maximum absolute atomic E-state index is 12.5. The monoisotopic (exact) mass is 363 g/mol. The lowest BCUT2D eigenvalue weighted by atomic mass is 10.0. The van der Waals surface area contributed by atoms with Crippen LogP contribution in [0, 0.1) is 0 Å². The number of amides is 2. The first-order valence-electron chi connectivity index (χ1n) is 8.99. The maximum atomic E-state index is 12.5. The minimum Gasteiger partial charge on any atom is -0.493 e. The van der Waals surface area contributed by atoms with Crippen molar-refractivity contribution in [1.29, 1.82) is 0 Å². The minimum absolute atomic E-state index is 0.0642. The molecule has 138 valence electrons. The average molecular weight is 363 g/mol. The van der Waals surface area contributed by atoms with Crippen molar-refractivity contribution in [2.75, 3.05) is 6.61 Å². The Morgan fingerprint density at radius 2 is 2.15 bits per heavy atom. The summed E-state index contributed by atoms with van der Waals surface area (Å²) in [5, 5.41) is 6.01. The molecule has 4 rings (SSSR count). The highest BCUT2D eigenvalue weighted by atomic mass is 16.5. The number of imidazole rings is 1. The Bertz CT molecular complexity index is 910. The molecule has 1 aromatic carbocycles. The van der Waals surface area contributed by atoms with Crippen LogP contribution in [0.2, 0.25) is 0 Å². The van der Waals surface area contributed by atoms with Gasteiger partial charge in [-0.3, -0.25) is 4.57 Å². The van der Waals surface area contributed by atoms with Crippen LogP contribution in [0.3, 0.4) is 0 Å². The molecule has 0 spiro atoms. The van der Waals surface area contributed by atoms with Gasteiger partial charge in [0.25, 0.3) is 0 Å². The maximum Gasteiger partial charge on any atom is 0.315 e. The summed E-state index contributed by atoms with van der Waals surface area (Å²) in [6.07, 6.45) is 8.68. The van der Waals surface area contributed by atoms with Gasteiger partial charge in [-0.25, -0.2) is 14.8 Å². The second kappa shape index (κ2) is 7.90. The Hall–Kier alpha value is -3.35. The zero-order chi connectivity index (χ0) is 18.5. The Kier molecular flexibility index (Phi) is 5.00. The highest BCUT2D eigenvalue weighted by Crippen LogP contribution is 2.30. The van der Waals surface area contributed by atoms with E-state index in [1.807, 2.05) is 47.2 Å². The highest BCUT2D eigenvalue weighted by molar-refractivity contribution is 5.74. The Balaban J connectivity index is 1.43. The normalized spacial score (nSPS) is 15.9. The molecule has 2 aromatic heterocycles. The number of urea groups is 1. The van der Waals surface area contributed by atoms with Crippen LogP contribution in [-0.4, -0.2) is 27.2 Å². The SMILES string of the molecule is O=C(NCc1cccnc1-n1ccnc1)NC1CCCOc2ccccc21. The number of pyridine rings is 1. The topological polar surface area (TPSA) is 81.1 Å². The summed E-state index contributed by atoms with van der Waals surface area (Å²) in [5.41, 5.74) is 1.93. The number of rotatable bonds is 4. The molecule has 1 atom stereocenters. The third-order valence-electron chi connectivity index (χ3n) is 4.55. The molecule has 3 aromatic rings. The molecule has 0 radical (unpaired) electrons. The number of fused-ring (bicyclic) bond motifs is 1. The van der Waals surface area contributed by atoms with E-state index in [1.165, 1.54) is 0 Å². The first-order chi connectivity index (χ1) is 13.3. The van der Waals surface area contributed by atoms with Gasteiger partial charge < -0.3 is 15.4 Å². The quantitative estimate of drug-likeness (QED) is 0.747. The van der Waals surface area contributed by atoms with Crippen LogP contribution in [-0.2, 0) is 6.54 Å². The lowest BCUT2D eigenvalue weighted by Gasteiger charge is -2.19.